The average molecular weight is 355 g/mol. The number of halogens is 1. The summed E-state index contributed by atoms with van der Waals surface area (Å²) >= 11 is 5.83. The van der Waals surface area contributed by atoms with Crippen molar-refractivity contribution in [3.8, 4) is 0 Å². The summed E-state index contributed by atoms with van der Waals surface area (Å²) in [6, 6.07) is 11.7. The van der Waals surface area contributed by atoms with Crippen LogP contribution in [0.15, 0.2) is 48.7 Å². The number of sulfonamides is 1. The van der Waals surface area contributed by atoms with Crippen LogP contribution in [0.25, 0.3) is 0 Å². The average Bonchev–Trinajstić information content (AvgIpc) is 2.55. The van der Waals surface area contributed by atoms with Crippen LogP contribution in [0.1, 0.15) is 17.3 Å². The molecule has 0 spiro atoms. The van der Waals surface area contributed by atoms with E-state index in [1.54, 1.807) is 49.6 Å². The number of nitrogens with zero attached hydrogens (tertiary/aromatic N) is 2. The van der Waals surface area contributed by atoms with Gasteiger partial charge in [-0.3, -0.25) is 4.98 Å². The minimum atomic E-state index is -3.53. The van der Waals surface area contributed by atoms with Crippen molar-refractivity contribution in [1.29, 1.82) is 0 Å². The van der Waals surface area contributed by atoms with E-state index < -0.39 is 16.1 Å². The Morgan fingerprint density at radius 2 is 1.91 bits per heavy atom. The maximum Gasteiger partial charge on any atom is 0.218 e. The number of likely N-dealkylation sites (N-methyl/N-ethyl adjacent to an activating group) is 1. The third kappa shape index (κ3) is 4.75. The van der Waals surface area contributed by atoms with E-state index in [4.69, 9.17) is 16.3 Å². The van der Waals surface area contributed by atoms with E-state index in [0.717, 1.165) is 0 Å². The maximum atomic E-state index is 12.7. The highest BCUT2D eigenvalue weighted by Crippen LogP contribution is 2.23. The Kier molecular flexibility index (Phi) is 6.12. The molecule has 0 radical (unpaired) electrons. The predicted molar refractivity (Wildman–Crippen MR) is 90.7 cm³/mol. The Hall–Kier alpha value is -1.47. The molecule has 0 amide bonds. The number of methoxy groups -OCH3 is 1. The maximum absolute atomic E-state index is 12.7. The standard InChI is InChI=1S/C16H19ClN2O3S/c1-19(16(11-22-2)15-5-3-4-10-18-15)23(20,21)12-13-6-8-14(17)9-7-13/h3-10,16H,11-12H2,1-2H3. The van der Waals surface area contributed by atoms with Crippen LogP contribution in [0.3, 0.4) is 0 Å². The van der Waals surface area contributed by atoms with E-state index in [1.807, 2.05) is 6.07 Å². The molecule has 7 heteroatoms. The van der Waals surface area contributed by atoms with Gasteiger partial charge in [0.1, 0.15) is 0 Å². The smallest absolute Gasteiger partial charge is 0.218 e. The summed E-state index contributed by atoms with van der Waals surface area (Å²) in [5, 5.41) is 0.574. The summed E-state index contributed by atoms with van der Waals surface area (Å²) in [5.41, 5.74) is 1.33. The lowest BCUT2D eigenvalue weighted by molar-refractivity contribution is 0.140. The van der Waals surface area contributed by atoms with Crippen molar-refractivity contribution in [2.75, 3.05) is 20.8 Å². The highest BCUT2D eigenvalue weighted by Gasteiger charge is 2.28. The van der Waals surface area contributed by atoms with Gasteiger partial charge in [-0.15, -0.1) is 0 Å². The van der Waals surface area contributed by atoms with E-state index >= 15 is 0 Å². The molecule has 0 fully saturated rings. The molecule has 0 saturated heterocycles. The predicted octanol–water partition coefficient (Wildman–Crippen LogP) is 2.88. The monoisotopic (exact) mass is 354 g/mol. The van der Waals surface area contributed by atoms with Gasteiger partial charge in [0.25, 0.3) is 0 Å². The van der Waals surface area contributed by atoms with Crippen molar-refractivity contribution in [3.05, 3.63) is 64.9 Å². The number of hydrogen-bond acceptors (Lipinski definition) is 4. The first-order valence-electron chi connectivity index (χ1n) is 7.04. The van der Waals surface area contributed by atoms with Gasteiger partial charge in [-0.05, 0) is 29.8 Å². The summed E-state index contributed by atoms with van der Waals surface area (Å²) < 4.78 is 31.9. The van der Waals surface area contributed by atoms with E-state index in [1.165, 1.54) is 11.4 Å². The fourth-order valence-corrected chi connectivity index (χ4v) is 3.69. The number of hydrogen-bond donors (Lipinski definition) is 0. The molecule has 0 aliphatic carbocycles. The van der Waals surface area contributed by atoms with Crippen molar-refractivity contribution < 1.29 is 13.2 Å². The highest BCUT2D eigenvalue weighted by molar-refractivity contribution is 7.88. The summed E-state index contributed by atoms with van der Waals surface area (Å²) in [7, 11) is -0.443. The zero-order valence-electron chi connectivity index (χ0n) is 13.0. The first-order chi connectivity index (χ1) is 10.9. The van der Waals surface area contributed by atoms with Crippen LogP contribution in [-0.2, 0) is 20.5 Å². The second-order valence-corrected chi connectivity index (χ2v) is 7.59. The van der Waals surface area contributed by atoms with Crippen LogP contribution < -0.4 is 0 Å². The molecule has 0 aliphatic heterocycles. The molecule has 124 valence electrons. The SMILES string of the molecule is COCC(c1ccccn1)N(C)S(=O)(=O)Cc1ccc(Cl)cc1. The van der Waals surface area contributed by atoms with Gasteiger partial charge >= 0.3 is 0 Å². The van der Waals surface area contributed by atoms with Gasteiger partial charge < -0.3 is 4.74 Å². The molecule has 0 aliphatic rings. The third-order valence-electron chi connectivity index (χ3n) is 3.49. The summed E-state index contributed by atoms with van der Waals surface area (Å²) in [5.74, 6) is -0.103. The van der Waals surface area contributed by atoms with Gasteiger partial charge in [0.15, 0.2) is 0 Å². The minimum absolute atomic E-state index is 0.103. The molecule has 1 unspecified atom stereocenters. The molecule has 1 aromatic heterocycles. The van der Waals surface area contributed by atoms with Gasteiger partial charge in [-0.1, -0.05) is 29.8 Å². The van der Waals surface area contributed by atoms with Crippen LogP contribution in [0.4, 0.5) is 0 Å². The van der Waals surface area contributed by atoms with Crippen molar-refractivity contribution in [3.63, 3.8) is 0 Å². The normalized spacial score (nSPS) is 13.2. The molecule has 5 nitrogen and oxygen atoms in total. The number of aromatic nitrogens is 1. The highest BCUT2D eigenvalue weighted by atomic mass is 35.5. The molecule has 23 heavy (non-hydrogen) atoms. The quantitative estimate of drug-likeness (QED) is 0.767. The molecule has 2 aromatic rings. The first-order valence-corrected chi connectivity index (χ1v) is 9.03. The molecular formula is C16H19ClN2O3S. The number of benzene rings is 1. The topological polar surface area (TPSA) is 59.5 Å². The fraction of sp³-hybridized carbons (Fsp3) is 0.312. The van der Waals surface area contributed by atoms with Crippen LogP contribution in [0, 0.1) is 0 Å². The lowest BCUT2D eigenvalue weighted by Gasteiger charge is -2.26. The molecule has 1 heterocycles. The first kappa shape index (κ1) is 17.9. The third-order valence-corrected chi connectivity index (χ3v) is 5.58. The van der Waals surface area contributed by atoms with Crippen molar-refractivity contribution in [2.45, 2.75) is 11.8 Å². The summed E-state index contributed by atoms with van der Waals surface area (Å²) in [6.45, 7) is 0.230. The second-order valence-electron chi connectivity index (χ2n) is 5.12. The van der Waals surface area contributed by atoms with Crippen molar-refractivity contribution >= 4 is 21.6 Å². The van der Waals surface area contributed by atoms with Gasteiger partial charge in [-0.25, -0.2) is 8.42 Å². The molecule has 2 rings (SSSR count). The Labute approximate surface area is 141 Å². The molecule has 0 bridgehead atoms. The Morgan fingerprint density at radius 1 is 1.22 bits per heavy atom. The lowest BCUT2D eigenvalue weighted by atomic mass is 10.2. The summed E-state index contributed by atoms with van der Waals surface area (Å²) in [4.78, 5) is 4.25. The summed E-state index contributed by atoms with van der Waals surface area (Å²) in [6.07, 6.45) is 1.64. The van der Waals surface area contributed by atoms with E-state index in [0.29, 0.717) is 16.3 Å². The van der Waals surface area contributed by atoms with Gasteiger partial charge in [-0.2, -0.15) is 4.31 Å². The lowest BCUT2D eigenvalue weighted by Crippen LogP contribution is -2.35. The van der Waals surface area contributed by atoms with E-state index in [-0.39, 0.29) is 12.4 Å². The molecule has 1 atom stereocenters. The zero-order chi connectivity index (χ0) is 16.9. The Morgan fingerprint density at radius 3 is 2.48 bits per heavy atom. The Bertz CT molecular complexity index is 721. The van der Waals surface area contributed by atoms with Crippen LogP contribution in [-0.4, -0.2) is 38.5 Å². The fourth-order valence-electron chi connectivity index (χ4n) is 2.19. The molecule has 0 saturated carbocycles. The van der Waals surface area contributed by atoms with E-state index in [2.05, 4.69) is 4.98 Å². The Balaban J connectivity index is 2.23. The van der Waals surface area contributed by atoms with Gasteiger partial charge in [0, 0.05) is 25.4 Å². The van der Waals surface area contributed by atoms with Crippen molar-refractivity contribution in [1.82, 2.24) is 9.29 Å². The molecular weight excluding hydrogens is 336 g/mol. The molecule has 0 N–H and O–H groups in total. The van der Waals surface area contributed by atoms with Crippen LogP contribution in [0.2, 0.25) is 5.02 Å². The minimum Gasteiger partial charge on any atom is -0.383 e. The van der Waals surface area contributed by atoms with E-state index in [9.17, 15) is 8.42 Å². The van der Waals surface area contributed by atoms with Gasteiger partial charge in [0.05, 0.1) is 24.1 Å². The molecule has 1 aromatic carbocycles. The number of rotatable bonds is 7. The van der Waals surface area contributed by atoms with Crippen LogP contribution in [0.5, 0.6) is 0 Å². The number of pyridine rings is 1. The van der Waals surface area contributed by atoms with Crippen LogP contribution >= 0.6 is 11.6 Å². The largest absolute Gasteiger partial charge is 0.383 e. The van der Waals surface area contributed by atoms with Crippen molar-refractivity contribution in [2.24, 2.45) is 0 Å². The van der Waals surface area contributed by atoms with Gasteiger partial charge in [0.2, 0.25) is 10.0 Å². The zero-order valence-corrected chi connectivity index (χ0v) is 14.6. The second kappa shape index (κ2) is 7.88. The number of ether oxygens (including phenoxy) is 1.